The highest BCUT2D eigenvalue weighted by Crippen LogP contribution is 2.06. The minimum absolute atomic E-state index is 0.0306. The van der Waals surface area contributed by atoms with E-state index in [9.17, 15) is 5.11 Å². The summed E-state index contributed by atoms with van der Waals surface area (Å²) in [6.45, 7) is 7.88. The molecule has 0 spiro atoms. The van der Waals surface area contributed by atoms with Gasteiger partial charge in [0, 0.05) is 12.6 Å². The first-order valence-electron chi connectivity index (χ1n) is 4.53. The molecule has 3 heteroatoms. The number of aliphatic hydroxyl groups is 2. The van der Waals surface area contributed by atoms with Crippen LogP contribution in [0.25, 0.3) is 0 Å². The van der Waals surface area contributed by atoms with Gasteiger partial charge in [-0.25, -0.2) is 0 Å². The molecule has 0 saturated carbocycles. The normalized spacial score (nSPS) is 21.5. The Morgan fingerprint density at radius 3 is 2.25 bits per heavy atom. The fraction of sp³-hybridized carbons (Fsp3) is 1.00. The van der Waals surface area contributed by atoms with Crippen LogP contribution >= 0.6 is 0 Å². The summed E-state index contributed by atoms with van der Waals surface area (Å²) in [6, 6.07) is 0.0306. The van der Waals surface area contributed by atoms with Crippen molar-refractivity contribution in [3.05, 3.63) is 0 Å². The van der Waals surface area contributed by atoms with E-state index >= 15 is 0 Å². The van der Waals surface area contributed by atoms with Crippen molar-refractivity contribution >= 4 is 0 Å². The van der Waals surface area contributed by atoms with E-state index in [0.29, 0.717) is 13.0 Å². The zero-order valence-corrected chi connectivity index (χ0v) is 8.46. The Kier molecular flexibility index (Phi) is 4.75. The number of aliphatic hydroxyl groups excluding tert-OH is 1. The van der Waals surface area contributed by atoms with Gasteiger partial charge in [0.1, 0.15) is 0 Å². The quantitative estimate of drug-likeness (QED) is 0.570. The predicted molar refractivity (Wildman–Crippen MR) is 50.1 cm³/mol. The summed E-state index contributed by atoms with van der Waals surface area (Å²) in [4.78, 5) is 0. The Morgan fingerprint density at radius 2 is 1.92 bits per heavy atom. The molecule has 0 amide bonds. The molecule has 0 aromatic heterocycles. The number of rotatable bonds is 5. The van der Waals surface area contributed by atoms with Crippen molar-refractivity contribution in [3.63, 3.8) is 0 Å². The van der Waals surface area contributed by atoms with Gasteiger partial charge in [-0.05, 0) is 27.2 Å². The van der Waals surface area contributed by atoms with E-state index in [1.807, 2.05) is 13.8 Å². The van der Waals surface area contributed by atoms with Gasteiger partial charge in [0.25, 0.3) is 0 Å². The van der Waals surface area contributed by atoms with Crippen molar-refractivity contribution < 1.29 is 10.2 Å². The third-order valence-electron chi connectivity index (χ3n) is 2.29. The Labute approximate surface area is 74.8 Å². The first-order chi connectivity index (χ1) is 5.39. The molecule has 0 aliphatic rings. The molecule has 0 aromatic rings. The lowest BCUT2D eigenvalue weighted by molar-refractivity contribution is 0.0459. The maximum absolute atomic E-state index is 9.61. The molecular weight excluding hydrogens is 154 g/mol. The molecule has 0 rings (SSSR count). The van der Waals surface area contributed by atoms with Gasteiger partial charge in [0.15, 0.2) is 0 Å². The van der Waals surface area contributed by atoms with Crippen LogP contribution in [0.5, 0.6) is 0 Å². The zero-order chi connectivity index (χ0) is 9.78. The molecular formula is C9H21NO2. The molecule has 0 aliphatic heterocycles. The lowest BCUT2D eigenvalue weighted by atomic mass is 10.0. The summed E-state index contributed by atoms with van der Waals surface area (Å²) >= 11 is 0. The van der Waals surface area contributed by atoms with Gasteiger partial charge in [-0.2, -0.15) is 0 Å². The average Bonchev–Trinajstić information content (AvgIpc) is 2.00. The van der Waals surface area contributed by atoms with Crippen molar-refractivity contribution in [2.24, 2.45) is 0 Å². The topological polar surface area (TPSA) is 52.5 Å². The largest absolute Gasteiger partial charge is 0.392 e. The molecule has 3 nitrogen and oxygen atoms in total. The standard InChI is InChI=1S/C9H21NO2/c1-5-9(4,12)6-10-7(2)8(3)11/h7-8,10-12H,5-6H2,1-4H3. The van der Waals surface area contributed by atoms with Crippen molar-refractivity contribution in [1.29, 1.82) is 0 Å². The number of hydrogen-bond acceptors (Lipinski definition) is 3. The third-order valence-corrected chi connectivity index (χ3v) is 2.29. The molecule has 0 bridgehead atoms. The van der Waals surface area contributed by atoms with Crippen LogP contribution in [-0.2, 0) is 0 Å². The second kappa shape index (κ2) is 4.80. The van der Waals surface area contributed by atoms with E-state index < -0.39 is 5.60 Å². The Morgan fingerprint density at radius 1 is 1.42 bits per heavy atom. The summed E-state index contributed by atoms with van der Waals surface area (Å²) in [5.74, 6) is 0. The monoisotopic (exact) mass is 175 g/mol. The van der Waals surface area contributed by atoms with E-state index in [-0.39, 0.29) is 12.1 Å². The summed E-state index contributed by atoms with van der Waals surface area (Å²) in [5, 5.41) is 21.8. The maximum atomic E-state index is 9.61. The van der Waals surface area contributed by atoms with E-state index in [4.69, 9.17) is 5.11 Å². The maximum Gasteiger partial charge on any atom is 0.0741 e. The summed E-state index contributed by atoms with van der Waals surface area (Å²) < 4.78 is 0. The van der Waals surface area contributed by atoms with Gasteiger partial charge >= 0.3 is 0 Å². The van der Waals surface area contributed by atoms with E-state index in [2.05, 4.69) is 5.32 Å². The molecule has 3 atom stereocenters. The van der Waals surface area contributed by atoms with Crippen LogP contribution in [0.3, 0.4) is 0 Å². The second-order valence-electron chi connectivity index (χ2n) is 3.76. The molecule has 74 valence electrons. The van der Waals surface area contributed by atoms with Crippen molar-refractivity contribution in [2.45, 2.75) is 51.9 Å². The highest BCUT2D eigenvalue weighted by molar-refractivity contribution is 4.77. The van der Waals surface area contributed by atoms with Gasteiger partial charge in [-0.15, -0.1) is 0 Å². The molecule has 3 N–H and O–H groups in total. The van der Waals surface area contributed by atoms with Crippen LogP contribution in [0.2, 0.25) is 0 Å². The molecule has 0 saturated heterocycles. The number of nitrogens with one attached hydrogen (secondary N) is 1. The van der Waals surface area contributed by atoms with Crippen LogP contribution < -0.4 is 5.32 Å². The van der Waals surface area contributed by atoms with E-state index in [1.165, 1.54) is 0 Å². The smallest absolute Gasteiger partial charge is 0.0741 e. The summed E-state index contributed by atoms with van der Waals surface area (Å²) in [5.41, 5.74) is -0.664. The highest BCUT2D eigenvalue weighted by Gasteiger charge is 2.19. The SMILES string of the molecule is CCC(C)(O)CNC(C)C(C)O. The molecule has 0 aliphatic carbocycles. The van der Waals surface area contributed by atoms with Crippen LogP contribution in [-0.4, -0.2) is 34.5 Å². The van der Waals surface area contributed by atoms with Gasteiger partial charge < -0.3 is 15.5 Å². The zero-order valence-electron chi connectivity index (χ0n) is 8.46. The minimum atomic E-state index is -0.664. The Balaban J connectivity index is 3.67. The highest BCUT2D eigenvalue weighted by atomic mass is 16.3. The Bertz CT molecular complexity index is 124. The summed E-state index contributed by atoms with van der Waals surface area (Å²) in [7, 11) is 0. The van der Waals surface area contributed by atoms with Crippen LogP contribution in [0.1, 0.15) is 34.1 Å². The van der Waals surface area contributed by atoms with Crippen molar-refractivity contribution in [1.82, 2.24) is 5.32 Å². The second-order valence-corrected chi connectivity index (χ2v) is 3.76. The fourth-order valence-electron chi connectivity index (χ4n) is 0.676. The molecule has 12 heavy (non-hydrogen) atoms. The molecule has 3 unspecified atom stereocenters. The minimum Gasteiger partial charge on any atom is -0.392 e. The lowest BCUT2D eigenvalue weighted by Crippen LogP contribution is -2.44. The lowest BCUT2D eigenvalue weighted by Gasteiger charge is -2.25. The van der Waals surface area contributed by atoms with Gasteiger partial charge in [0.05, 0.1) is 11.7 Å². The van der Waals surface area contributed by atoms with Gasteiger partial charge in [-0.3, -0.25) is 0 Å². The van der Waals surface area contributed by atoms with Crippen LogP contribution in [0, 0.1) is 0 Å². The molecule has 0 heterocycles. The number of hydrogen-bond donors (Lipinski definition) is 3. The average molecular weight is 175 g/mol. The predicted octanol–water partition coefficient (Wildman–Crippen LogP) is 0.506. The Hall–Kier alpha value is -0.120. The molecule has 0 radical (unpaired) electrons. The van der Waals surface area contributed by atoms with Crippen LogP contribution in [0.15, 0.2) is 0 Å². The van der Waals surface area contributed by atoms with Crippen molar-refractivity contribution in [3.8, 4) is 0 Å². The van der Waals surface area contributed by atoms with E-state index in [0.717, 1.165) is 0 Å². The van der Waals surface area contributed by atoms with Gasteiger partial charge in [0.2, 0.25) is 0 Å². The molecule has 0 aromatic carbocycles. The van der Waals surface area contributed by atoms with Crippen molar-refractivity contribution in [2.75, 3.05) is 6.54 Å². The molecule has 0 fully saturated rings. The van der Waals surface area contributed by atoms with Crippen LogP contribution in [0.4, 0.5) is 0 Å². The summed E-state index contributed by atoms with van der Waals surface area (Å²) in [6.07, 6.45) is 0.338. The van der Waals surface area contributed by atoms with Gasteiger partial charge in [-0.1, -0.05) is 6.92 Å². The first kappa shape index (κ1) is 11.9. The fourth-order valence-corrected chi connectivity index (χ4v) is 0.676. The first-order valence-corrected chi connectivity index (χ1v) is 4.53. The third kappa shape index (κ3) is 4.70. The van der Waals surface area contributed by atoms with E-state index in [1.54, 1.807) is 13.8 Å².